The van der Waals surface area contributed by atoms with E-state index in [9.17, 15) is 4.79 Å². The van der Waals surface area contributed by atoms with E-state index in [1.54, 1.807) is 9.58 Å². The Bertz CT molecular complexity index is 1020. The maximum atomic E-state index is 13.3. The molecule has 146 valence electrons. The number of carbonyl (C=O) groups is 1. The van der Waals surface area contributed by atoms with Gasteiger partial charge in [0, 0.05) is 32.3 Å². The van der Waals surface area contributed by atoms with Gasteiger partial charge in [0.15, 0.2) is 5.65 Å². The summed E-state index contributed by atoms with van der Waals surface area (Å²) in [5.74, 6) is 1.32. The number of hydrogen-bond acceptors (Lipinski definition) is 4. The highest BCUT2D eigenvalue weighted by Gasteiger charge is 2.29. The number of rotatable bonds is 6. The van der Waals surface area contributed by atoms with Crippen LogP contribution in [0, 0.1) is 6.92 Å². The molecule has 1 fully saturated rings. The van der Waals surface area contributed by atoms with E-state index in [-0.39, 0.29) is 5.91 Å². The van der Waals surface area contributed by atoms with Crippen molar-refractivity contribution in [2.45, 2.75) is 39.2 Å². The fourth-order valence-corrected chi connectivity index (χ4v) is 3.63. The summed E-state index contributed by atoms with van der Waals surface area (Å²) in [4.78, 5) is 19.9. The first-order valence-corrected chi connectivity index (χ1v) is 9.79. The van der Waals surface area contributed by atoms with E-state index in [4.69, 9.17) is 9.72 Å². The lowest BCUT2D eigenvalue weighted by Gasteiger charge is -2.19. The van der Waals surface area contributed by atoms with Gasteiger partial charge in [0.2, 0.25) is 0 Å². The minimum atomic E-state index is -0.000662. The van der Waals surface area contributed by atoms with Gasteiger partial charge in [0.25, 0.3) is 5.91 Å². The van der Waals surface area contributed by atoms with Gasteiger partial charge < -0.3 is 9.64 Å². The van der Waals surface area contributed by atoms with Crippen LogP contribution in [0.4, 0.5) is 0 Å². The third kappa shape index (κ3) is 3.46. The van der Waals surface area contributed by atoms with Gasteiger partial charge in [0.1, 0.15) is 5.75 Å². The predicted octanol–water partition coefficient (Wildman–Crippen LogP) is 3.83. The van der Waals surface area contributed by atoms with Gasteiger partial charge in [-0.3, -0.25) is 9.48 Å². The van der Waals surface area contributed by atoms with Crippen LogP contribution in [0.1, 0.15) is 53.0 Å². The molecule has 1 aromatic carbocycles. The first-order chi connectivity index (χ1) is 13.5. The lowest BCUT2D eigenvalue weighted by molar-refractivity contribution is 0.0787. The molecule has 0 unspecified atom stereocenters. The van der Waals surface area contributed by atoms with Gasteiger partial charge in [-0.25, -0.2) is 4.98 Å². The standard InChI is InChI=1S/C22H26N4O2/c1-5-28-17-10-6-15(7-11-17)13-25(3)22(27)18-12-19(16-8-9-16)23-21-20(18)14(2)24-26(21)4/h6-7,10-12,16H,5,8-9,13H2,1-4H3. The quantitative estimate of drug-likeness (QED) is 0.654. The molecule has 0 bridgehead atoms. The fraction of sp³-hybridized carbons (Fsp3) is 0.409. The second-order valence-corrected chi connectivity index (χ2v) is 7.51. The van der Waals surface area contributed by atoms with Crippen molar-refractivity contribution in [3.05, 3.63) is 52.8 Å². The van der Waals surface area contributed by atoms with Crippen molar-refractivity contribution in [2.24, 2.45) is 7.05 Å². The molecule has 1 amide bonds. The van der Waals surface area contributed by atoms with Crippen LogP contribution in [-0.4, -0.2) is 39.2 Å². The normalized spacial score (nSPS) is 13.7. The summed E-state index contributed by atoms with van der Waals surface area (Å²) in [6.45, 7) is 5.08. The number of ether oxygens (including phenoxy) is 1. The summed E-state index contributed by atoms with van der Waals surface area (Å²) in [7, 11) is 3.73. The Kier molecular flexibility index (Phi) is 4.79. The zero-order chi connectivity index (χ0) is 19.8. The first kappa shape index (κ1) is 18.5. The lowest BCUT2D eigenvalue weighted by atomic mass is 10.1. The molecular formula is C22H26N4O2. The molecule has 0 N–H and O–H groups in total. The average molecular weight is 378 g/mol. The molecule has 28 heavy (non-hydrogen) atoms. The van der Waals surface area contributed by atoms with E-state index in [0.717, 1.165) is 46.6 Å². The number of aromatic nitrogens is 3. The van der Waals surface area contributed by atoms with Crippen LogP contribution in [-0.2, 0) is 13.6 Å². The maximum Gasteiger partial charge on any atom is 0.254 e. The topological polar surface area (TPSA) is 60.2 Å². The Hall–Kier alpha value is -2.89. The highest BCUT2D eigenvalue weighted by atomic mass is 16.5. The van der Waals surface area contributed by atoms with Crippen LogP contribution < -0.4 is 4.74 Å². The lowest BCUT2D eigenvalue weighted by Crippen LogP contribution is -2.26. The molecule has 3 aromatic rings. The minimum Gasteiger partial charge on any atom is -0.494 e. The second-order valence-electron chi connectivity index (χ2n) is 7.51. The Balaban J connectivity index is 1.64. The van der Waals surface area contributed by atoms with E-state index in [0.29, 0.717) is 24.6 Å². The zero-order valence-electron chi connectivity index (χ0n) is 16.9. The van der Waals surface area contributed by atoms with E-state index >= 15 is 0 Å². The van der Waals surface area contributed by atoms with Gasteiger partial charge in [-0.15, -0.1) is 0 Å². The summed E-state index contributed by atoms with van der Waals surface area (Å²) >= 11 is 0. The molecule has 2 aromatic heterocycles. The molecule has 6 heteroatoms. The second kappa shape index (κ2) is 7.26. The van der Waals surface area contributed by atoms with E-state index in [1.807, 2.05) is 58.3 Å². The SMILES string of the molecule is CCOc1ccc(CN(C)C(=O)c2cc(C3CC3)nc3c2c(C)nn3C)cc1. The minimum absolute atomic E-state index is 0.000662. The molecule has 1 aliphatic rings. The fourth-order valence-electron chi connectivity index (χ4n) is 3.63. The molecule has 6 nitrogen and oxygen atoms in total. The molecule has 0 atom stereocenters. The number of aryl methyl sites for hydroxylation is 2. The smallest absolute Gasteiger partial charge is 0.254 e. The van der Waals surface area contributed by atoms with E-state index < -0.39 is 0 Å². The number of pyridine rings is 1. The molecular weight excluding hydrogens is 352 g/mol. The van der Waals surface area contributed by atoms with Crippen molar-refractivity contribution in [3.63, 3.8) is 0 Å². The monoisotopic (exact) mass is 378 g/mol. The summed E-state index contributed by atoms with van der Waals surface area (Å²) in [6, 6.07) is 9.87. The highest BCUT2D eigenvalue weighted by molar-refractivity contribution is 6.06. The van der Waals surface area contributed by atoms with Crippen molar-refractivity contribution in [1.29, 1.82) is 0 Å². The third-order valence-corrected chi connectivity index (χ3v) is 5.22. The molecule has 1 aliphatic carbocycles. The number of fused-ring (bicyclic) bond motifs is 1. The first-order valence-electron chi connectivity index (χ1n) is 9.79. The molecule has 0 radical (unpaired) electrons. The number of carbonyl (C=O) groups excluding carboxylic acids is 1. The Labute approximate surface area is 165 Å². The highest BCUT2D eigenvalue weighted by Crippen LogP contribution is 2.40. The molecule has 1 saturated carbocycles. The van der Waals surface area contributed by atoms with Crippen LogP contribution in [0.5, 0.6) is 5.75 Å². The Morgan fingerprint density at radius 2 is 2.00 bits per heavy atom. The summed E-state index contributed by atoms with van der Waals surface area (Å²) in [5, 5.41) is 5.35. The Morgan fingerprint density at radius 3 is 2.64 bits per heavy atom. The van der Waals surface area contributed by atoms with Crippen LogP contribution in [0.15, 0.2) is 30.3 Å². The van der Waals surface area contributed by atoms with Crippen molar-refractivity contribution in [3.8, 4) is 5.75 Å². The van der Waals surface area contributed by atoms with E-state index in [2.05, 4.69) is 5.10 Å². The van der Waals surface area contributed by atoms with Gasteiger partial charge >= 0.3 is 0 Å². The summed E-state index contributed by atoms with van der Waals surface area (Å²) < 4.78 is 7.27. The van der Waals surface area contributed by atoms with Gasteiger partial charge in [-0.1, -0.05) is 12.1 Å². The molecule has 0 spiro atoms. The number of nitrogens with zero attached hydrogens (tertiary/aromatic N) is 4. The predicted molar refractivity (Wildman–Crippen MR) is 109 cm³/mol. The molecule has 4 rings (SSSR count). The van der Waals surface area contributed by atoms with Crippen LogP contribution >= 0.6 is 0 Å². The third-order valence-electron chi connectivity index (χ3n) is 5.22. The van der Waals surface area contributed by atoms with Gasteiger partial charge in [-0.2, -0.15) is 5.10 Å². The molecule has 0 saturated heterocycles. The Morgan fingerprint density at radius 1 is 1.29 bits per heavy atom. The van der Waals surface area contributed by atoms with Crippen molar-refractivity contribution >= 4 is 16.9 Å². The zero-order valence-corrected chi connectivity index (χ0v) is 16.9. The number of hydrogen-bond donors (Lipinski definition) is 0. The molecule has 0 aliphatic heterocycles. The van der Waals surface area contributed by atoms with Gasteiger partial charge in [-0.05, 0) is 50.5 Å². The van der Waals surface area contributed by atoms with Crippen LogP contribution in [0.2, 0.25) is 0 Å². The largest absolute Gasteiger partial charge is 0.494 e. The van der Waals surface area contributed by atoms with E-state index in [1.165, 1.54) is 0 Å². The van der Waals surface area contributed by atoms with Crippen LogP contribution in [0.25, 0.3) is 11.0 Å². The number of amides is 1. The summed E-state index contributed by atoms with van der Waals surface area (Å²) in [5.41, 5.74) is 4.40. The average Bonchev–Trinajstić information content (AvgIpc) is 3.49. The van der Waals surface area contributed by atoms with Crippen molar-refractivity contribution in [2.75, 3.05) is 13.7 Å². The maximum absolute atomic E-state index is 13.3. The molecule has 2 heterocycles. The van der Waals surface area contributed by atoms with Gasteiger partial charge in [0.05, 0.1) is 23.3 Å². The van der Waals surface area contributed by atoms with Crippen molar-refractivity contribution in [1.82, 2.24) is 19.7 Å². The number of benzene rings is 1. The van der Waals surface area contributed by atoms with Crippen molar-refractivity contribution < 1.29 is 9.53 Å². The summed E-state index contributed by atoms with van der Waals surface area (Å²) in [6.07, 6.45) is 2.29. The van der Waals surface area contributed by atoms with Crippen LogP contribution in [0.3, 0.4) is 0 Å².